The van der Waals surface area contributed by atoms with Crippen molar-refractivity contribution in [2.24, 2.45) is 0 Å². The second kappa shape index (κ2) is 7.83. The highest BCUT2D eigenvalue weighted by atomic mass is 16.5. The van der Waals surface area contributed by atoms with Gasteiger partial charge in [-0.3, -0.25) is 4.79 Å². The molecule has 2 aliphatic rings. The van der Waals surface area contributed by atoms with E-state index in [1.807, 2.05) is 36.4 Å². The Hall–Kier alpha value is -2.47. The minimum atomic E-state index is -0.166. The van der Waals surface area contributed by atoms with Crippen molar-refractivity contribution in [1.29, 1.82) is 0 Å². The number of benzene rings is 1. The molecule has 0 aliphatic carbocycles. The molecule has 0 spiro atoms. The lowest BCUT2D eigenvalue weighted by Gasteiger charge is -2.18. The van der Waals surface area contributed by atoms with Crippen molar-refractivity contribution < 1.29 is 9.53 Å². The summed E-state index contributed by atoms with van der Waals surface area (Å²) in [6.07, 6.45) is 4.49. The van der Waals surface area contributed by atoms with Crippen molar-refractivity contribution in [3.63, 3.8) is 0 Å². The number of hydrogen-bond donors (Lipinski definition) is 1. The van der Waals surface area contributed by atoms with Crippen LogP contribution in [-0.2, 0) is 4.74 Å². The SMILES string of the molecule is O=C(NCC1CCCO1)c1cc(N2CCCC2)nc(-c2ccccc2)n1. The maximum Gasteiger partial charge on any atom is 0.270 e. The van der Waals surface area contributed by atoms with Crippen LogP contribution in [0, 0.1) is 0 Å². The number of nitrogens with zero attached hydrogens (tertiary/aromatic N) is 3. The zero-order valence-corrected chi connectivity index (χ0v) is 14.9. The van der Waals surface area contributed by atoms with E-state index in [0.29, 0.717) is 18.1 Å². The molecule has 2 fully saturated rings. The number of ether oxygens (including phenoxy) is 1. The van der Waals surface area contributed by atoms with Gasteiger partial charge in [-0.15, -0.1) is 0 Å². The van der Waals surface area contributed by atoms with Crippen LogP contribution in [0.2, 0.25) is 0 Å². The first kappa shape index (κ1) is 17.0. The number of hydrogen-bond acceptors (Lipinski definition) is 5. The Bertz CT molecular complexity index is 754. The molecule has 1 aromatic carbocycles. The third-order valence-electron chi connectivity index (χ3n) is 4.92. The molecule has 0 bridgehead atoms. The Balaban J connectivity index is 1.59. The van der Waals surface area contributed by atoms with Gasteiger partial charge in [0, 0.05) is 37.9 Å². The predicted molar refractivity (Wildman–Crippen MR) is 100 cm³/mol. The molecule has 26 heavy (non-hydrogen) atoms. The molecule has 1 aromatic heterocycles. The van der Waals surface area contributed by atoms with Crippen molar-refractivity contribution in [2.45, 2.75) is 31.8 Å². The molecule has 2 saturated heterocycles. The van der Waals surface area contributed by atoms with Crippen LogP contribution in [0.15, 0.2) is 36.4 Å². The van der Waals surface area contributed by atoms with E-state index >= 15 is 0 Å². The molecule has 4 rings (SSSR count). The summed E-state index contributed by atoms with van der Waals surface area (Å²) in [5, 5.41) is 2.96. The molecular weight excluding hydrogens is 328 g/mol. The van der Waals surface area contributed by atoms with Gasteiger partial charge in [-0.1, -0.05) is 30.3 Å². The molecule has 3 heterocycles. The van der Waals surface area contributed by atoms with Gasteiger partial charge in [0.25, 0.3) is 5.91 Å². The van der Waals surface area contributed by atoms with Gasteiger partial charge >= 0.3 is 0 Å². The van der Waals surface area contributed by atoms with Gasteiger partial charge < -0.3 is 15.0 Å². The van der Waals surface area contributed by atoms with E-state index in [1.54, 1.807) is 0 Å². The lowest BCUT2D eigenvalue weighted by molar-refractivity contribution is 0.0853. The zero-order valence-electron chi connectivity index (χ0n) is 14.9. The summed E-state index contributed by atoms with van der Waals surface area (Å²) in [4.78, 5) is 24.1. The van der Waals surface area contributed by atoms with Crippen LogP contribution in [0.3, 0.4) is 0 Å². The van der Waals surface area contributed by atoms with Crippen LogP contribution in [0.25, 0.3) is 11.4 Å². The lowest BCUT2D eigenvalue weighted by Crippen LogP contribution is -2.32. The van der Waals surface area contributed by atoms with Crippen LogP contribution in [-0.4, -0.2) is 48.2 Å². The van der Waals surface area contributed by atoms with E-state index in [2.05, 4.69) is 15.2 Å². The maximum absolute atomic E-state index is 12.7. The fourth-order valence-corrected chi connectivity index (χ4v) is 3.48. The Morgan fingerprint density at radius 3 is 2.69 bits per heavy atom. The summed E-state index contributed by atoms with van der Waals surface area (Å²) >= 11 is 0. The molecule has 2 aliphatic heterocycles. The highest BCUT2D eigenvalue weighted by Gasteiger charge is 2.21. The molecule has 0 saturated carbocycles. The van der Waals surface area contributed by atoms with Gasteiger partial charge in [-0.05, 0) is 25.7 Å². The monoisotopic (exact) mass is 352 g/mol. The molecular formula is C20H24N4O2. The zero-order chi connectivity index (χ0) is 17.8. The minimum Gasteiger partial charge on any atom is -0.376 e. The number of anilines is 1. The molecule has 1 amide bonds. The number of amides is 1. The van der Waals surface area contributed by atoms with Crippen LogP contribution >= 0.6 is 0 Å². The summed E-state index contributed by atoms with van der Waals surface area (Å²) in [6.45, 7) is 3.26. The van der Waals surface area contributed by atoms with E-state index in [9.17, 15) is 4.79 Å². The largest absolute Gasteiger partial charge is 0.376 e. The number of carbonyl (C=O) groups excluding carboxylic acids is 1. The summed E-state index contributed by atoms with van der Waals surface area (Å²) in [6, 6.07) is 11.6. The van der Waals surface area contributed by atoms with Gasteiger partial charge in [-0.25, -0.2) is 9.97 Å². The second-order valence-corrected chi connectivity index (χ2v) is 6.84. The van der Waals surface area contributed by atoms with Gasteiger partial charge in [0.2, 0.25) is 0 Å². The van der Waals surface area contributed by atoms with E-state index < -0.39 is 0 Å². The Kier molecular flexibility index (Phi) is 5.11. The summed E-state index contributed by atoms with van der Waals surface area (Å²) in [5.41, 5.74) is 1.33. The fourth-order valence-electron chi connectivity index (χ4n) is 3.48. The van der Waals surface area contributed by atoms with Crippen molar-refractivity contribution in [3.8, 4) is 11.4 Å². The third-order valence-corrected chi connectivity index (χ3v) is 4.92. The maximum atomic E-state index is 12.7. The molecule has 1 atom stereocenters. The minimum absolute atomic E-state index is 0.118. The molecule has 2 aromatic rings. The van der Waals surface area contributed by atoms with Crippen molar-refractivity contribution in [2.75, 3.05) is 31.1 Å². The highest BCUT2D eigenvalue weighted by Crippen LogP contribution is 2.23. The predicted octanol–water partition coefficient (Wildman–Crippen LogP) is 2.65. The quantitative estimate of drug-likeness (QED) is 0.896. The highest BCUT2D eigenvalue weighted by molar-refractivity contribution is 5.93. The topological polar surface area (TPSA) is 67.3 Å². The molecule has 1 unspecified atom stereocenters. The van der Waals surface area contributed by atoms with Crippen LogP contribution in [0.1, 0.15) is 36.2 Å². The van der Waals surface area contributed by atoms with Crippen molar-refractivity contribution in [1.82, 2.24) is 15.3 Å². The van der Waals surface area contributed by atoms with Gasteiger partial charge in [-0.2, -0.15) is 0 Å². The molecule has 6 heteroatoms. The lowest BCUT2D eigenvalue weighted by atomic mass is 10.2. The first-order valence-corrected chi connectivity index (χ1v) is 9.39. The second-order valence-electron chi connectivity index (χ2n) is 6.84. The Labute approximate surface area is 153 Å². The van der Waals surface area contributed by atoms with Crippen molar-refractivity contribution in [3.05, 3.63) is 42.1 Å². The van der Waals surface area contributed by atoms with E-state index in [0.717, 1.165) is 56.8 Å². The standard InChI is InChI=1S/C20H24N4O2/c25-20(21-14-16-9-6-12-26-16)17-13-18(24-10-4-5-11-24)23-19(22-17)15-7-2-1-3-8-15/h1-3,7-8,13,16H,4-6,9-12,14H2,(H,21,25). The number of carbonyl (C=O) groups is 1. The normalized spacial score (nSPS) is 19.7. The number of nitrogens with one attached hydrogen (secondary N) is 1. The number of rotatable bonds is 5. The molecule has 0 radical (unpaired) electrons. The summed E-state index contributed by atoms with van der Waals surface area (Å²) in [7, 11) is 0. The fraction of sp³-hybridized carbons (Fsp3) is 0.450. The van der Waals surface area contributed by atoms with Gasteiger partial charge in [0.05, 0.1) is 6.10 Å². The first-order chi connectivity index (χ1) is 12.8. The average Bonchev–Trinajstić information content (AvgIpc) is 3.40. The third kappa shape index (κ3) is 3.85. The Morgan fingerprint density at radius 1 is 1.15 bits per heavy atom. The van der Waals surface area contributed by atoms with Crippen LogP contribution in [0.5, 0.6) is 0 Å². The molecule has 1 N–H and O–H groups in total. The van der Waals surface area contributed by atoms with E-state index in [-0.39, 0.29) is 12.0 Å². The number of aromatic nitrogens is 2. The van der Waals surface area contributed by atoms with Crippen LogP contribution in [0.4, 0.5) is 5.82 Å². The summed E-state index contributed by atoms with van der Waals surface area (Å²) in [5.74, 6) is 1.26. The van der Waals surface area contributed by atoms with Crippen molar-refractivity contribution >= 4 is 11.7 Å². The average molecular weight is 352 g/mol. The Morgan fingerprint density at radius 2 is 1.96 bits per heavy atom. The van der Waals surface area contributed by atoms with E-state index in [4.69, 9.17) is 9.72 Å². The smallest absolute Gasteiger partial charge is 0.270 e. The van der Waals surface area contributed by atoms with Gasteiger partial charge in [0.15, 0.2) is 5.82 Å². The van der Waals surface area contributed by atoms with Gasteiger partial charge in [0.1, 0.15) is 11.5 Å². The molecule has 6 nitrogen and oxygen atoms in total. The molecule has 136 valence electrons. The van der Waals surface area contributed by atoms with E-state index in [1.165, 1.54) is 0 Å². The summed E-state index contributed by atoms with van der Waals surface area (Å²) < 4.78 is 5.58. The van der Waals surface area contributed by atoms with Crippen LogP contribution < -0.4 is 10.2 Å². The first-order valence-electron chi connectivity index (χ1n) is 9.39.